The Morgan fingerprint density at radius 1 is 1.33 bits per heavy atom. The zero-order chi connectivity index (χ0) is 10.8. The van der Waals surface area contributed by atoms with E-state index >= 15 is 0 Å². The normalized spacial score (nSPS) is 10.3. The lowest BCUT2D eigenvalue weighted by Crippen LogP contribution is -2.30. The molecular weight excluding hydrogens is 216 g/mol. The monoisotopic (exact) mass is 223 g/mol. The van der Waals surface area contributed by atoms with Crippen LogP contribution < -0.4 is 5.46 Å². The van der Waals surface area contributed by atoms with Gasteiger partial charge in [0.2, 0.25) is 5.89 Å². The van der Waals surface area contributed by atoms with Gasteiger partial charge in [-0.1, -0.05) is 11.6 Å². The van der Waals surface area contributed by atoms with E-state index in [9.17, 15) is 0 Å². The molecule has 0 amide bonds. The first-order valence-electron chi connectivity index (χ1n) is 4.24. The molecule has 1 aromatic heterocycles. The van der Waals surface area contributed by atoms with E-state index in [-0.39, 0.29) is 5.46 Å². The van der Waals surface area contributed by atoms with Crippen LogP contribution in [0, 0.1) is 0 Å². The van der Waals surface area contributed by atoms with Gasteiger partial charge < -0.3 is 14.5 Å². The van der Waals surface area contributed by atoms with E-state index in [0.717, 1.165) is 0 Å². The fraction of sp³-hybridized carbons (Fsp3) is 0. The fourth-order valence-electron chi connectivity index (χ4n) is 1.24. The van der Waals surface area contributed by atoms with Crippen LogP contribution in [0.3, 0.4) is 0 Å². The first-order valence-corrected chi connectivity index (χ1v) is 4.62. The molecule has 0 fully saturated rings. The molecule has 0 atom stereocenters. The van der Waals surface area contributed by atoms with Gasteiger partial charge in [0.15, 0.2) is 0 Å². The summed E-state index contributed by atoms with van der Waals surface area (Å²) in [6.45, 7) is 0. The Balaban J connectivity index is 2.48. The maximum atomic E-state index is 9.05. The lowest BCUT2D eigenvalue weighted by atomic mass is 9.79. The minimum atomic E-state index is -1.60. The summed E-state index contributed by atoms with van der Waals surface area (Å²) in [5.74, 6) is 0.411. The van der Waals surface area contributed by atoms with Crippen molar-refractivity contribution in [1.82, 2.24) is 4.98 Å². The van der Waals surface area contributed by atoms with Crippen molar-refractivity contribution in [2.24, 2.45) is 0 Å². The van der Waals surface area contributed by atoms with Crippen molar-refractivity contribution < 1.29 is 14.5 Å². The standard InChI is InChI=1S/C9H7BClNO3/c11-8-2-1-6(5-7(8)10(13)14)9-12-3-4-15-9/h1-5,13-14H. The van der Waals surface area contributed by atoms with E-state index in [4.69, 9.17) is 26.1 Å². The van der Waals surface area contributed by atoms with Gasteiger partial charge in [0.25, 0.3) is 0 Å². The van der Waals surface area contributed by atoms with Crippen molar-refractivity contribution in [3.8, 4) is 11.5 Å². The van der Waals surface area contributed by atoms with Crippen molar-refractivity contribution in [3.05, 3.63) is 35.7 Å². The third-order valence-corrected chi connectivity index (χ3v) is 2.30. The number of oxazole rings is 1. The summed E-state index contributed by atoms with van der Waals surface area (Å²) in [7, 11) is -1.60. The Hall–Kier alpha value is -1.30. The summed E-state index contributed by atoms with van der Waals surface area (Å²) in [5, 5.41) is 18.4. The van der Waals surface area contributed by atoms with Gasteiger partial charge in [-0.2, -0.15) is 0 Å². The summed E-state index contributed by atoms with van der Waals surface area (Å²) < 4.78 is 5.08. The second kappa shape index (κ2) is 4.06. The predicted molar refractivity (Wildman–Crippen MR) is 56.8 cm³/mol. The summed E-state index contributed by atoms with van der Waals surface area (Å²) >= 11 is 5.78. The zero-order valence-corrected chi connectivity index (χ0v) is 8.35. The van der Waals surface area contributed by atoms with Crippen molar-refractivity contribution in [2.75, 3.05) is 0 Å². The van der Waals surface area contributed by atoms with Gasteiger partial charge in [-0.05, 0) is 18.2 Å². The summed E-state index contributed by atoms with van der Waals surface area (Å²) in [5.41, 5.74) is 0.875. The molecule has 0 spiro atoms. The number of benzene rings is 1. The minimum absolute atomic E-state index is 0.229. The molecule has 0 aliphatic carbocycles. The zero-order valence-electron chi connectivity index (χ0n) is 7.59. The van der Waals surface area contributed by atoms with E-state index in [0.29, 0.717) is 16.5 Å². The third-order valence-electron chi connectivity index (χ3n) is 1.95. The Kier molecular flexibility index (Phi) is 2.77. The lowest BCUT2D eigenvalue weighted by Gasteiger charge is -2.04. The third kappa shape index (κ3) is 2.04. The average Bonchev–Trinajstić information content (AvgIpc) is 2.71. The predicted octanol–water partition coefficient (Wildman–Crippen LogP) is 0.675. The van der Waals surface area contributed by atoms with Crippen LogP contribution in [0.1, 0.15) is 0 Å². The van der Waals surface area contributed by atoms with E-state index in [2.05, 4.69) is 4.98 Å². The van der Waals surface area contributed by atoms with Gasteiger partial charge >= 0.3 is 7.12 Å². The van der Waals surface area contributed by atoms with E-state index in [1.807, 2.05) is 0 Å². The molecule has 0 unspecified atom stereocenters. The van der Waals surface area contributed by atoms with Gasteiger partial charge in [-0.3, -0.25) is 0 Å². The van der Waals surface area contributed by atoms with E-state index in [1.165, 1.54) is 18.5 Å². The molecule has 76 valence electrons. The SMILES string of the molecule is OB(O)c1cc(-c2ncco2)ccc1Cl. The van der Waals surface area contributed by atoms with Crippen LogP contribution in [0.25, 0.3) is 11.5 Å². The first kappa shape index (κ1) is 10.2. The lowest BCUT2D eigenvalue weighted by molar-refractivity contribution is 0.426. The summed E-state index contributed by atoms with van der Waals surface area (Å²) in [6, 6.07) is 4.79. The van der Waals surface area contributed by atoms with Crippen LogP contribution in [0.2, 0.25) is 5.02 Å². The van der Waals surface area contributed by atoms with Crippen LogP contribution in [0.15, 0.2) is 35.1 Å². The number of hydrogen-bond donors (Lipinski definition) is 2. The number of halogens is 1. The van der Waals surface area contributed by atoms with Crippen molar-refractivity contribution >= 4 is 24.2 Å². The Labute approximate surface area is 91.3 Å². The van der Waals surface area contributed by atoms with E-state index < -0.39 is 7.12 Å². The van der Waals surface area contributed by atoms with Crippen molar-refractivity contribution in [1.29, 1.82) is 0 Å². The number of aromatic nitrogens is 1. The minimum Gasteiger partial charge on any atom is -0.445 e. The van der Waals surface area contributed by atoms with Crippen LogP contribution in [0.5, 0.6) is 0 Å². The number of hydrogen-bond acceptors (Lipinski definition) is 4. The van der Waals surface area contributed by atoms with Gasteiger partial charge in [0.05, 0.1) is 6.20 Å². The van der Waals surface area contributed by atoms with Crippen molar-refractivity contribution in [2.45, 2.75) is 0 Å². The van der Waals surface area contributed by atoms with E-state index in [1.54, 1.807) is 12.1 Å². The van der Waals surface area contributed by atoms with Crippen LogP contribution in [-0.4, -0.2) is 22.2 Å². The number of rotatable bonds is 2. The Bertz CT molecular complexity index is 458. The molecule has 4 nitrogen and oxygen atoms in total. The number of nitrogens with zero attached hydrogens (tertiary/aromatic N) is 1. The molecule has 0 aliphatic rings. The largest absolute Gasteiger partial charge is 0.489 e. The van der Waals surface area contributed by atoms with Gasteiger partial charge in [0.1, 0.15) is 6.26 Å². The topological polar surface area (TPSA) is 66.5 Å². The molecule has 0 radical (unpaired) electrons. The molecule has 0 saturated heterocycles. The second-order valence-corrected chi connectivity index (χ2v) is 3.35. The molecular formula is C9H7BClNO3. The maximum Gasteiger partial charge on any atom is 0.489 e. The summed E-state index contributed by atoms with van der Waals surface area (Å²) in [4.78, 5) is 3.94. The first-order chi connectivity index (χ1) is 7.18. The van der Waals surface area contributed by atoms with Crippen LogP contribution in [-0.2, 0) is 0 Å². The smallest absolute Gasteiger partial charge is 0.445 e. The molecule has 2 N–H and O–H groups in total. The molecule has 0 aliphatic heterocycles. The molecule has 0 saturated carbocycles. The second-order valence-electron chi connectivity index (χ2n) is 2.95. The molecule has 2 aromatic rings. The quantitative estimate of drug-likeness (QED) is 0.735. The highest BCUT2D eigenvalue weighted by Crippen LogP contribution is 2.18. The average molecular weight is 223 g/mol. The Morgan fingerprint density at radius 2 is 2.13 bits per heavy atom. The van der Waals surface area contributed by atoms with Crippen molar-refractivity contribution in [3.63, 3.8) is 0 Å². The molecule has 1 aromatic carbocycles. The highest BCUT2D eigenvalue weighted by Gasteiger charge is 2.16. The fourth-order valence-corrected chi connectivity index (χ4v) is 1.46. The highest BCUT2D eigenvalue weighted by molar-refractivity contribution is 6.62. The summed E-state index contributed by atoms with van der Waals surface area (Å²) in [6.07, 6.45) is 2.96. The molecule has 15 heavy (non-hydrogen) atoms. The van der Waals surface area contributed by atoms with Crippen LogP contribution in [0.4, 0.5) is 0 Å². The molecule has 6 heteroatoms. The molecule has 0 bridgehead atoms. The van der Waals surface area contributed by atoms with Gasteiger partial charge in [-0.15, -0.1) is 0 Å². The highest BCUT2D eigenvalue weighted by atomic mass is 35.5. The van der Waals surface area contributed by atoms with Crippen LogP contribution >= 0.6 is 11.6 Å². The molecule has 2 rings (SSSR count). The van der Waals surface area contributed by atoms with Gasteiger partial charge in [0, 0.05) is 16.0 Å². The molecule has 1 heterocycles. The van der Waals surface area contributed by atoms with Gasteiger partial charge in [-0.25, -0.2) is 4.98 Å². The maximum absolute atomic E-state index is 9.05. The Morgan fingerprint density at radius 3 is 2.73 bits per heavy atom.